The Morgan fingerprint density at radius 2 is 2.00 bits per heavy atom. The summed E-state index contributed by atoms with van der Waals surface area (Å²) in [6.07, 6.45) is 1.73. The van der Waals surface area contributed by atoms with Gasteiger partial charge in [-0.3, -0.25) is 4.21 Å². The highest BCUT2D eigenvalue weighted by Crippen LogP contribution is 2.25. The molecule has 0 spiro atoms. The number of hydrogen-bond donors (Lipinski definition) is 1. The molecule has 0 saturated heterocycles. The van der Waals surface area contributed by atoms with Crippen LogP contribution in [-0.4, -0.2) is 28.9 Å². The van der Waals surface area contributed by atoms with Gasteiger partial charge in [-0.1, -0.05) is 18.2 Å². The molecule has 0 bridgehead atoms. The molecule has 4 heteroatoms. The molecule has 102 valence electrons. The molecule has 0 aliphatic heterocycles. The van der Waals surface area contributed by atoms with Crippen molar-refractivity contribution in [2.45, 2.75) is 32.9 Å². The number of nitrogens with one attached hydrogen (secondary N) is 1. The van der Waals surface area contributed by atoms with E-state index in [9.17, 15) is 4.21 Å². The second-order valence-electron chi connectivity index (χ2n) is 4.50. The SMILES string of the molecule is CCOc1ccccc1C(C)NC(C)CS(C)=O. The van der Waals surface area contributed by atoms with Crippen molar-refractivity contribution in [3.63, 3.8) is 0 Å². The Balaban J connectivity index is 2.71. The van der Waals surface area contributed by atoms with Gasteiger partial charge >= 0.3 is 0 Å². The van der Waals surface area contributed by atoms with Crippen molar-refractivity contribution in [2.24, 2.45) is 0 Å². The highest BCUT2D eigenvalue weighted by molar-refractivity contribution is 7.84. The molecule has 0 aliphatic carbocycles. The first-order chi connectivity index (χ1) is 8.54. The summed E-state index contributed by atoms with van der Waals surface area (Å²) in [5.41, 5.74) is 1.15. The third kappa shape index (κ3) is 4.78. The summed E-state index contributed by atoms with van der Waals surface area (Å²) in [4.78, 5) is 0. The second kappa shape index (κ2) is 7.54. The average Bonchev–Trinajstić information content (AvgIpc) is 2.28. The van der Waals surface area contributed by atoms with Crippen LogP contribution in [0.15, 0.2) is 24.3 Å². The first kappa shape index (κ1) is 15.2. The van der Waals surface area contributed by atoms with Crippen molar-refractivity contribution in [1.29, 1.82) is 0 Å². The summed E-state index contributed by atoms with van der Waals surface area (Å²) >= 11 is 0. The molecule has 3 nitrogen and oxygen atoms in total. The van der Waals surface area contributed by atoms with Crippen molar-refractivity contribution in [1.82, 2.24) is 5.32 Å². The Hall–Kier alpha value is -0.870. The number of benzene rings is 1. The zero-order valence-corrected chi connectivity index (χ0v) is 12.4. The van der Waals surface area contributed by atoms with Crippen LogP contribution in [0.2, 0.25) is 0 Å². The maximum absolute atomic E-state index is 11.2. The first-order valence-corrected chi connectivity index (χ1v) is 8.05. The van der Waals surface area contributed by atoms with Gasteiger partial charge in [0.15, 0.2) is 0 Å². The van der Waals surface area contributed by atoms with E-state index in [1.165, 1.54) is 0 Å². The lowest BCUT2D eigenvalue weighted by atomic mass is 10.1. The Morgan fingerprint density at radius 1 is 1.33 bits per heavy atom. The van der Waals surface area contributed by atoms with E-state index in [2.05, 4.69) is 25.2 Å². The normalized spacial score (nSPS) is 16.0. The predicted molar refractivity (Wildman–Crippen MR) is 77.6 cm³/mol. The largest absolute Gasteiger partial charge is 0.494 e. The van der Waals surface area contributed by atoms with Gasteiger partial charge in [-0.15, -0.1) is 0 Å². The Labute approximate surface area is 112 Å². The molecule has 0 amide bonds. The lowest BCUT2D eigenvalue weighted by molar-refractivity contribution is 0.331. The van der Waals surface area contributed by atoms with Crippen molar-refractivity contribution >= 4 is 10.8 Å². The maximum Gasteiger partial charge on any atom is 0.124 e. The van der Waals surface area contributed by atoms with Crippen LogP contribution >= 0.6 is 0 Å². The van der Waals surface area contributed by atoms with E-state index in [1.54, 1.807) is 6.26 Å². The molecule has 1 rings (SSSR count). The summed E-state index contributed by atoms with van der Waals surface area (Å²) in [6.45, 7) is 6.81. The molecule has 1 N–H and O–H groups in total. The zero-order chi connectivity index (χ0) is 13.5. The molecule has 0 heterocycles. The third-order valence-corrected chi connectivity index (χ3v) is 3.67. The van der Waals surface area contributed by atoms with Gasteiger partial charge in [-0.05, 0) is 26.8 Å². The first-order valence-electron chi connectivity index (χ1n) is 6.32. The van der Waals surface area contributed by atoms with Crippen molar-refractivity contribution in [2.75, 3.05) is 18.6 Å². The molecule has 0 saturated carbocycles. The van der Waals surface area contributed by atoms with Crippen LogP contribution < -0.4 is 10.1 Å². The Bertz CT molecular complexity index is 395. The molecular formula is C14H23NO2S. The monoisotopic (exact) mass is 269 g/mol. The molecule has 3 unspecified atom stereocenters. The van der Waals surface area contributed by atoms with Crippen molar-refractivity contribution < 1.29 is 8.95 Å². The van der Waals surface area contributed by atoms with Crippen LogP contribution in [0, 0.1) is 0 Å². The summed E-state index contributed by atoms with van der Waals surface area (Å²) < 4.78 is 16.8. The highest BCUT2D eigenvalue weighted by Gasteiger charge is 2.14. The van der Waals surface area contributed by atoms with Gasteiger partial charge in [0.1, 0.15) is 5.75 Å². The fraction of sp³-hybridized carbons (Fsp3) is 0.571. The van der Waals surface area contributed by atoms with E-state index in [0.29, 0.717) is 12.4 Å². The molecule has 0 aliphatic rings. The fourth-order valence-electron chi connectivity index (χ4n) is 2.04. The lowest BCUT2D eigenvalue weighted by Crippen LogP contribution is -2.33. The standard InChI is InChI=1S/C14H23NO2S/c1-5-17-14-9-7-6-8-13(14)12(3)15-11(2)10-18(4)16/h6-9,11-12,15H,5,10H2,1-4H3. The van der Waals surface area contributed by atoms with Gasteiger partial charge in [0.2, 0.25) is 0 Å². The predicted octanol–water partition coefficient (Wildman–Crippen LogP) is 2.50. The molecule has 18 heavy (non-hydrogen) atoms. The quantitative estimate of drug-likeness (QED) is 0.826. The second-order valence-corrected chi connectivity index (χ2v) is 5.98. The van der Waals surface area contributed by atoms with Gasteiger partial charge in [-0.25, -0.2) is 0 Å². The average molecular weight is 269 g/mol. The molecule has 0 radical (unpaired) electrons. The summed E-state index contributed by atoms with van der Waals surface area (Å²) in [7, 11) is -0.771. The summed E-state index contributed by atoms with van der Waals surface area (Å²) in [5, 5.41) is 3.45. The highest BCUT2D eigenvalue weighted by atomic mass is 32.2. The van der Waals surface area contributed by atoms with Crippen LogP contribution in [0.5, 0.6) is 5.75 Å². The van der Waals surface area contributed by atoms with Crippen LogP contribution in [0.25, 0.3) is 0 Å². The van der Waals surface area contributed by atoms with Crippen LogP contribution in [-0.2, 0) is 10.8 Å². The molecule has 1 aromatic carbocycles. The van der Waals surface area contributed by atoms with Crippen molar-refractivity contribution in [3.8, 4) is 5.75 Å². The minimum atomic E-state index is -0.771. The smallest absolute Gasteiger partial charge is 0.124 e. The van der Waals surface area contributed by atoms with E-state index < -0.39 is 10.8 Å². The molecule has 3 atom stereocenters. The van der Waals surface area contributed by atoms with E-state index in [-0.39, 0.29) is 12.1 Å². The van der Waals surface area contributed by atoms with Gasteiger partial charge in [0.05, 0.1) is 6.61 Å². The van der Waals surface area contributed by atoms with E-state index in [1.807, 2.05) is 25.1 Å². The van der Waals surface area contributed by atoms with Gasteiger partial charge < -0.3 is 10.1 Å². The van der Waals surface area contributed by atoms with Crippen LogP contribution in [0.4, 0.5) is 0 Å². The van der Waals surface area contributed by atoms with Gasteiger partial charge in [0.25, 0.3) is 0 Å². The number of hydrogen-bond acceptors (Lipinski definition) is 3. The number of para-hydroxylation sites is 1. The Kier molecular flexibility index (Phi) is 6.36. The maximum atomic E-state index is 11.2. The van der Waals surface area contributed by atoms with Gasteiger partial charge in [-0.2, -0.15) is 0 Å². The van der Waals surface area contributed by atoms with Crippen LogP contribution in [0.1, 0.15) is 32.4 Å². The number of rotatable bonds is 7. The number of ether oxygens (including phenoxy) is 1. The molecule has 0 fully saturated rings. The summed E-state index contributed by atoms with van der Waals surface area (Å²) in [5.74, 6) is 1.59. The summed E-state index contributed by atoms with van der Waals surface area (Å²) in [6, 6.07) is 8.45. The third-order valence-electron chi connectivity index (χ3n) is 2.70. The minimum absolute atomic E-state index is 0.186. The zero-order valence-electron chi connectivity index (χ0n) is 11.6. The Morgan fingerprint density at radius 3 is 2.61 bits per heavy atom. The molecule has 0 aromatic heterocycles. The van der Waals surface area contributed by atoms with Crippen LogP contribution in [0.3, 0.4) is 0 Å². The van der Waals surface area contributed by atoms with E-state index in [4.69, 9.17) is 4.74 Å². The topological polar surface area (TPSA) is 38.3 Å². The molecule has 1 aromatic rings. The lowest BCUT2D eigenvalue weighted by Gasteiger charge is -2.21. The van der Waals surface area contributed by atoms with E-state index in [0.717, 1.165) is 11.3 Å². The van der Waals surface area contributed by atoms with Gasteiger partial charge in [0, 0.05) is 40.5 Å². The fourth-order valence-corrected chi connectivity index (χ4v) is 2.84. The van der Waals surface area contributed by atoms with Crippen molar-refractivity contribution in [3.05, 3.63) is 29.8 Å². The van der Waals surface area contributed by atoms with E-state index >= 15 is 0 Å². The minimum Gasteiger partial charge on any atom is -0.494 e. The molecular weight excluding hydrogens is 246 g/mol.